The smallest absolute Gasteiger partial charge is 0.253 e. The maximum Gasteiger partial charge on any atom is 0.253 e. The molecule has 0 spiro atoms. The van der Waals surface area contributed by atoms with Crippen LogP contribution in [0.1, 0.15) is 35.3 Å². The van der Waals surface area contributed by atoms with Gasteiger partial charge in [0.25, 0.3) is 5.91 Å². The van der Waals surface area contributed by atoms with Crippen molar-refractivity contribution in [3.05, 3.63) is 47.7 Å². The minimum atomic E-state index is -0.150. The molecule has 0 aliphatic carbocycles. The average Bonchev–Trinajstić information content (AvgIpc) is 3.16. The molecule has 1 amide bonds. The van der Waals surface area contributed by atoms with E-state index in [-0.39, 0.29) is 5.91 Å². The molecule has 1 aliphatic heterocycles. The lowest BCUT2D eigenvalue weighted by molar-refractivity contribution is 0.0952. The zero-order valence-corrected chi connectivity index (χ0v) is 14.6. The molecule has 0 bridgehead atoms. The van der Waals surface area contributed by atoms with E-state index >= 15 is 0 Å². The molecular weight excluding hydrogens is 334 g/mol. The second kappa shape index (κ2) is 7.14. The summed E-state index contributed by atoms with van der Waals surface area (Å²) in [4.78, 5) is 19.5. The number of aromatic nitrogens is 3. The van der Waals surface area contributed by atoms with E-state index in [0.29, 0.717) is 17.6 Å². The number of anilines is 1. The number of rotatable bonds is 4. The van der Waals surface area contributed by atoms with Gasteiger partial charge in [-0.15, -0.1) is 0 Å². The van der Waals surface area contributed by atoms with Crippen LogP contribution in [-0.4, -0.2) is 32.7 Å². The van der Waals surface area contributed by atoms with Crippen LogP contribution >= 0.6 is 11.7 Å². The quantitative estimate of drug-likeness (QED) is 0.781. The van der Waals surface area contributed by atoms with Crippen molar-refractivity contribution in [3.8, 4) is 0 Å². The molecule has 3 heterocycles. The Hall–Kier alpha value is -2.54. The summed E-state index contributed by atoms with van der Waals surface area (Å²) in [7, 11) is 0. The van der Waals surface area contributed by atoms with Gasteiger partial charge in [-0.1, -0.05) is 12.1 Å². The van der Waals surface area contributed by atoms with Gasteiger partial charge in [0.15, 0.2) is 0 Å². The van der Waals surface area contributed by atoms with Crippen LogP contribution < -0.4 is 10.2 Å². The average molecular weight is 353 g/mol. The molecule has 0 atom stereocenters. The van der Waals surface area contributed by atoms with Crippen molar-refractivity contribution in [1.29, 1.82) is 0 Å². The van der Waals surface area contributed by atoms with Crippen molar-refractivity contribution in [2.24, 2.45) is 0 Å². The lowest BCUT2D eigenvalue weighted by Gasteiger charge is -2.28. The standard InChI is InChI=1S/C18H19N5OS/c24-18(14-7-5-8-15-17(14)22-25-21-15)19-12-13-6-4-9-16(20-13)23-10-2-1-3-11-23/h4-9H,1-3,10-12H2,(H,19,24). The Morgan fingerprint density at radius 2 is 1.92 bits per heavy atom. The molecule has 1 N–H and O–H groups in total. The molecule has 1 fully saturated rings. The maximum atomic E-state index is 12.5. The van der Waals surface area contributed by atoms with Gasteiger partial charge in [0, 0.05) is 13.1 Å². The molecule has 1 aromatic carbocycles. The van der Waals surface area contributed by atoms with Crippen LogP contribution in [0.4, 0.5) is 5.82 Å². The molecule has 25 heavy (non-hydrogen) atoms. The third kappa shape index (κ3) is 3.46. The number of carbonyl (C=O) groups excluding carboxylic acids is 1. The summed E-state index contributed by atoms with van der Waals surface area (Å²) >= 11 is 1.12. The summed E-state index contributed by atoms with van der Waals surface area (Å²) in [5.41, 5.74) is 2.82. The van der Waals surface area contributed by atoms with Gasteiger partial charge in [0.1, 0.15) is 16.9 Å². The minimum absolute atomic E-state index is 0.150. The highest BCUT2D eigenvalue weighted by Gasteiger charge is 2.14. The predicted molar refractivity (Wildman–Crippen MR) is 98.9 cm³/mol. The van der Waals surface area contributed by atoms with Gasteiger partial charge in [-0.25, -0.2) is 4.98 Å². The van der Waals surface area contributed by atoms with E-state index in [1.165, 1.54) is 19.3 Å². The molecule has 4 rings (SSSR count). The molecule has 6 nitrogen and oxygen atoms in total. The number of benzene rings is 1. The zero-order valence-electron chi connectivity index (χ0n) is 13.8. The van der Waals surface area contributed by atoms with Crippen LogP contribution in [0.25, 0.3) is 11.0 Å². The first kappa shape index (κ1) is 16.0. The summed E-state index contributed by atoms with van der Waals surface area (Å²) in [5, 5.41) is 2.94. The van der Waals surface area contributed by atoms with Crippen molar-refractivity contribution in [2.45, 2.75) is 25.8 Å². The van der Waals surface area contributed by atoms with Gasteiger partial charge in [-0.2, -0.15) is 8.75 Å². The molecule has 0 radical (unpaired) electrons. The fourth-order valence-corrected chi connectivity index (χ4v) is 3.67. The van der Waals surface area contributed by atoms with Crippen LogP contribution in [0.3, 0.4) is 0 Å². The van der Waals surface area contributed by atoms with E-state index < -0.39 is 0 Å². The number of fused-ring (bicyclic) bond motifs is 1. The number of hydrogen-bond donors (Lipinski definition) is 1. The molecule has 128 valence electrons. The fraction of sp³-hybridized carbons (Fsp3) is 0.333. The second-order valence-electron chi connectivity index (χ2n) is 6.16. The van der Waals surface area contributed by atoms with Gasteiger partial charge in [-0.05, 0) is 43.5 Å². The fourth-order valence-electron chi connectivity index (χ4n) is 3.12. The number of amides is 1. The highest BCUT2D eigenvalue weighted by atomic mass is 32.1. The van der Waals surface area contributed by atoms with E-state index in [1.54, 1.807) is 6.07 Å². The van der Waals surface area contributed by atoms with Crippen LogP contribution in [0.2, 0.25) is 0 Å². The Kier molecular flexibility index (Phi) is 4.56. The topological polar surface area (TPSA) is 71.0 Å². The highest BCUT2D eigenvalue weighted by molar-refractivity contribution is 7.00. The summed E-state index contributed by atoms with van der Waals surface area (Å²) in [6, 6.07) is 11.4. The van der Waals surface area contributed by atoms with Crippen LogP contribution in [-0.2, 0) is 6.54 Å². The Labute approximate surface area is 150 Å². The van der Waals surface area contributed by atoms with Crippen molar-refractivity contribution in [2.75, 3.05) is 18.0 Å². The van der Waals surface area contributed by atoms with Crippen LogP contribution in [0, 0.1) is 0 Å². The Bertz CT molecular complexity index is 888. The van der Waals surface area contributed by atoms with E-state index in [2.05, 4.69) is 19.0 Å². The van der Waals surface area contributed by atoms with Crippen molar-refractivity contribution < 1.29 is 4.79 Å². The lowest BCUT2D eigenvalue weighted by atomic mass is 10.1. The molecule has 3 aromatic rings. The van der Waals surface area contributed by atoms with Crippen molar-refractivity contribution >= 4 is 34.5 Å². The van der Waals surface area contributed by atoms with E-state index in [0.717, 1.165) is 41.8 Å². The van der Waals surface area contributed by atoms with E-state index in [9.17, 15) is 4.79 Å². The predicted octanol–water partition coefficient (Wildman–Crippen LogP) is 3.01. The first-order valence-corrected chi connectivity index (χ1v) is 9.25. The Morgan fingerprint density at radius 3 is 2.80 bits per heavy atom. The molecular formula is C18H19N5OS. The largest absolute Gasteiger partial charge is 0.357 e. The maximum absolute atomic E-state index is 12.5. The lowest BCUT2D eigenvalue weighted by Crippen LogP contribution is -2.30. The number of piperidine rings is 1. The van der Waals surface area contributed by atoms with Gasteiger partial charge >= 0.3 is 0 Å². The molecule has 0 unspecified atom stereocenters. The van der Waals surface area contributed by atoms with Crippen molar-refractivity contribution in [1.82, 2.24) is 19.0 Å². The third-order valence-corrected chi connectivity index (χ3v) is 4.98. The van der Waals surface area contributed by atoms with Crippen molar-refractivity contribution in [3.63, 3.8) is 0 Å². The monoisotopic (exact) mass is 353 g/mol. The molecule has 7 heteroatoms. The number of nitrogens with zero attached hydrogens (tertiary/aromatic N) is 4. The summed E-state index contributed by atoms with van der Waals surface area (Å²) in [5.74, 6) is 0.848. The van der Waals surface area contributed by atoms with Gasteiger partial charge in [0.05, 0.1) is 29.5 Å². The minimum Gasteiger partial charge on any atom is -0.357 e. The van der Waals surface area contributed by atoms with Gasteiger partial charge in [0.2, 0.25) is 0 Å². The first-order valence-electron chi connectivity index (χ1n) is 8.51. The normalized spacial score (nSPS) is 14.6. The van der Waals surface area contributed by atoms with Crippen LogP contribution in [0.5, 0.6) is 0 Å². The SMILES string of the molecule is O=C(NCc1cccc(N2CCCCC2)n1)c1cccc2nsnc12. The Balaban J connectivity index is 1.46. The van der Waals surface area contributed by atoms with Crippen LogP contribution in [0.15, 0.2) is 36.4 Å². The van der Waals surface area contributed by atoms with E-state index in [1.807, 2.05) is 30.3 Å². The number of carbonyl (C=O) groups is 1. The summed E-state index contributed by atoms with van der Waals surface area (Å²) in [6.07, 6.45) is 3.73. The molecule has 1 saturated heterocycles. The second-order valence-corrected chi connectivity index (χ2v) is 6.68. The van der Waals surface area contributed by atoms with Gasteiger partial charge in [-0.3, -0.25) is 4.79 Å². The zero-order chi connectivity index (χ0) is 17.1. The molecule has 1 aliphatic rings. The number of hydrogen-bond acceptors (Lipinski definition) is 6. The summed E-state index contributed by atoms with van der Waals surface area (Å²) in [6.45, 7) is 2.51. The number of nitrogens with one attached hydrogen (secondary N) is 1. The highest BCUT2D eigenvalue weighted by Crippen LogP contribution is 2.18. The van der Waals surface area contributed by atoms with E-state index in [4.69, 9.17) is 4.98 Å². The summed E-state index contributed by atoms with van der Waals surface area (Å²) < 4.78 is 8.39. The molecule has 0 saturated carbocycles. The third-order valence-electron chi connectivity index (χ3n) is 4.43. The van der Waals surface area contributed by atoms with Gasteiger partial charge < -0.3 is 10.2 Å². The molecule has 2 aromatic heterocycles. The Morgan fingerprint density at radius 1 is 1.08 bits per heavy atom. The number of pyridine rings is 1. The first-order chi connectivity index (χ1) is 12.3.